The van der Waals surface area contributed by atoms with Crippen LogP contribution in [-0.4, -0.2) is 11.1 Å². The molecule has 0 aromatic carbocycles. The van der Waals surface area contributed by atoms with E-state index in [1.54, 1.807) is 0 Å². The molecule has 0 bridgehead atoms. The van der Waals surface area contributed by atoms with Gasteiger partial charge in [0.25, 0.3) is 5.91 Å². The molecular weight excluding hydrogens is 172 g/mol. The third-order valence-electron chi connectivity index (χ3n) is 1.67. The summed E-state index contributed by atoms with van der Waals surface area (Å²) in [5.41, 5.74) is 8.14. The van der Waals surface area contributed by atoms with Crippen molar-refractivity contribution in [1.82, 2.24) is 5.16 Å². The third kappa shape index (κ3) is 1.62. The smallest absolute Gasteiger partial charge is 0.271 e. The fourth-order valence-electron chi connectivity index (χ4n) is 1.11. The van der Waals surface area contributed by atoms with Crippen molar-refractivity contribution in [3.63, 3.8) is 0 Å². The van der Waals surface area contributed by atoms with Gasteiger partial charge in [-0.1, -0.05) is 19.0 Å². The van der Waals surface area contributed by atoms with Gasteiger partial charge in [-0.05, 0) is 5.92 Å². The van der Waals surface area contributed by atoms with Gasteiger partial charge in [-0.25, -0.2) is 5.84 Å². The van der Waals surface area contributed by atoms with Crippen LogP contribution in [0, 0.1) is 0 Å². The van der Waals surface area contributed by atoms with E-state index in [4.69, 9.17) is 16.1 Å². The fourth-order valence-corrected chi connectivity index (χ4v) is 1.11. The second-order valence-corrected chi connectivity index (χ2v) is 2.94. The largest absolute Gasteiger partial charge is 0.364 e. The predicted molar refractivity (Wildman–Crippen MR) is 46.9 cm³/mol. The summed E-state index contributed by atoms with van der Waals surface area (Å²) >= 11 is 0. The molecule has 0 fully saturated rings. The van der Waals surface area contributed by atoms with E-state index < -0.39 is 5.91 Å². The Balaban J connectivity index is 3.22. The van der Waals surface area contributed by atoms with Crippen LogP contribution in [0.15, 0.2) is 4.52 Å². The lowest BCUT2D eigenvalue weighted by atomic mass is 10.0. The number of hydrogen-bond acceptors (Lipinski definition) is 5. The number of nitrogens with zero attached hydrogens (tertiary/aromatic N) is 1. The number of anilines is 1. The van der Waals surface area contributed by atoms with Gasteiger partial charge in [-0.3, -0.25) is 10.2 Å². The highest BCUT2D eigenvalue weighted by atomic mass is 16.5. The molecule has 0 aliphatic heterocycles. The number of primary amides is 1. The summed E-state index contributed by atoms with van der Waals surface area (Å²) in [7, 11) is 0. The number of hydrogen-bond donors (Lipinski definition) is 3. The van der Waals surface area contributed by atoms with E-state index in [9.17, 15) is 4.79 Å². The van der Waals surface area contributed by atoms with E-state index in [1.165, 1.54) is 0 Å². The molecular formula is C7H12N4O2. The summed E-state index contributed by atoms with van der Waals surface area (Å²) < 4.78 is 4.78. The average Bonchev–Trinajstić information content (AvgIpc) is 2.46. The van der Waals surface area contributed by atoms with E-state index in [2.05, 4.69) is 10.6 Å². The SMILES string of the molecule is CC(C)c1c(C(N)=O)noc1NN. The molecule has 0 radical (unpaired) electrons. The maximum atomic E-state index is 10.9. The number of aromatic nitrogens is 1. The third-order valence-corrected chi connectivity index (χ3v) is 1.67. The van der Waals surface area contributed by atoms with Crippen LogP contribution in [0.2, 0.25) is 0 Å². The topological polar surface area (TPSA) is 107 Å². The monoisotopic (exact) mass is 184 g/mol. The van der Waals surface area contributed by atoms with Crippen molar-refractivity contribution in [2.24, 2.45) is 11.6 Å². The van der Waals surface area contributed by atoms with Gasteiger partial charge >= 0.3 is 0 Å². The first-order chi connectivity index (χ1) is 6.07. The van der Waals surface area contributed by atoms with Crippen LogP contribution >= 0.6 is 0 Å². The van der Waals surface area contributed by atoms with Gasteiger partial charge in [-0.2, -0.15) is 0 Å². The Bertz CT molecular complexity index is 318. The summed E-state index contributed by atoms with van der Waals surface area (Å²) in [6.45, 7) is 3.78. The van der Waals surface area contributed by atoms with E-state index in [0.29, 0.717) is 5.56 Å². The first kappa shape index (κ1) is 9.53. The summed E-state index contributed by atoms with van der Waals surface area (Å²) in [6, 6.07) is 0. The van der Waals surface area contributed by atoms with Crippen LogP contribution in [0.25, 0.3) is 0 Å². The molecule has 0 aliphatic rings. The van der Waals surface area contributed by atoms with Crippen molar-refractivity contribution in [3.8, 4) is 0 Å². The van der Waals surface area contributed by atoms with Gasteiger partial charge < -0.3 is 10.3 Å². The highest BCUT2D eigenvalue weighted by Crippen LogP contribution is 2.26. The minimum Gasteiger partial charge on any atom is -0.364 e. The standard InChI is InChI=1S/C7H12N4O2/c1-3(2)4-5(6(8)12)11-13-7(4)10-9/h3,10H,9H2,1-2H3,(H2,8,12). The number of rotatable bonds is 3. The lowest BCUT2D eigenvalue weighted by Crippen LogP contribution is -2.15. The van der Waals surface area contributed by atoms with Crippen LogP contribution in [0.4, 0.5) is 5.88 Å². The minimum atomic E-state index is -0.617. The number of carbonyl (C=O) groups is 1. The number of nitrogens with one attached hydrogen (secondary N) is 1. The summed E-state index contributed by atoms with van der Waals surface area (Å²) in [5, 5.41) is 3.52. The Hall–Kier alpha value is -1.56. The van der Waals surface area contributed by atoms with E-state index >= 15 is 0 Å². The molecule has 0 saturated heterocycles. The van der Waals surface area contributed by atoms with E-state index in [0.717, 1.165) is 0 Å². The molecule has 13 heavy (non-hydrogen) atoms. The van der Waals surface area contributed by atoms with Crippen LogP contribution in [0.1, 0.15) is 35.8 Å². The van der Waals surface area contributed by atoms with Crippen molar-refractivity contribution >= 4 is 11.8 Å². The fraction of sp³-hybridized carbons (Fsp3) is 0.429. The molecule has 0 aliphatic carbocycles. The van der Waals surface area contributed by atoms with Crippen molar-refractivity contribution in [2.45, 2.75) is 19.8 Å². The lowest BCUT2D eigenvalue weighted by molar-refractivity contribution is 0.0990. The molecule has 6 nitrogen and oxygen atoms in total. The zero-order chi connectivity index (χ0) is 10.0. The highest BCUT2D eigenvalue weighted by Gasteiger charge is 2.21. The van der Waals surface area contributed by atoms with Crippen LogP contribution < -0.4 is 17.0 Å². The molecule has 0 atom stereocenters. The van der Waals surface area contributed by atoms with E-state index in [-0.39, 0.29) is 17.5 Å². The van der Waals surface area contributed by atoms with Crippen LogP contribution in [0.3, 0.4) is 0 Å². The lowest BCUT2D eigenvalue weighted by Gasteiger charge is -2.03. The molecule has 72 valence electrons. The molecule has 0 saturated carbocycles. The second kappa shape index (κ2) is 3.44. The molecule has 0 unspecified atom stereocenters. The molecule has 5 N–H and O–H groups in total. The Labute approximate surface area is 75.2 Å². The Morgan fingerprint density at radius 2 is 2.23 bits per heavy atom. The van der Waals surface area contributed by atoms with Crippen molar-refractivity contribution < 1.29 is 9.32 Å². The van der Waals surface area contributed by atoms with Gasteiger partial charge in [-0.15, -0.1) is 0 Å². The molecule has 1 rings (SSSR count). The quantitative estimate of drug-likeness (QED) is 0.459. The first-order valence-electron chi connectivity index (χ1n) is 3.84. The molecule has 6 heteroatoms. The zero-order valence-electron chi connectivity index (χ0n) is 7.50. The molecule has 1 heterocycles. The van der Waals surface area contributed by atoms with Gasteiger partial charge in [0.1, 0.15) is 0 Å². The number of carbonyl (C=O) groups excluding carboxylic acids is 1. The summed E-state index contributed by atoms with van der Waals surface area (Å²) in [6.07, 6.45) is 0. The Kier molecular flexibility index (Phi) is 2.52. The molecule has 1 amide bonds. The Morgan fingerprint density at radius 3 is 2.62 bits per heavy atom. The van der Waals surface area contributed by atoms with Crippen molar-refractivity contribution in [1.29, 1.82) is 0 Å². The maximum Gasteiger partial charge on any atom is 0.271 e. The predicted octanol–water partition coefficient (Wildman–Crippen LogP) is 0.183. The van der Waals surface area contributed by atoms with Gasteiger partial charge in [0.05, 0.1) is 5.56 Å². The minimum absolute atomic E-state index is 0.0693. The second-order valence-electron chi connectivity index (χ2n) is 2.94. The maximum absolute atomic E-state index is 10.9. The van der Waals surface area contributed by atoms with Crippen LogP contribution in [0.5, 0.6) is 0 Å². The average molecular weight is 184 g/mol. The zero-order valence-corrected chi connectivity index (χ0v) is 7.50. The van der Waals surface area contributed by atoms with Crippen molar-refractivity contribution in [3.05, 3.63) is 11.3 Å². The number of amides is 1. The normalized spacial score (nSPS) is 10.5. The van der Waals surface area contributed by atoms with Gasteiger partial charge in [0, 0.05) is 0 Å². The molecule has 1 aromatic rings. The number of nitrogen functional groups attached to an aromatic ring is 1. The van der Waals surface area contributed by atoms with Gasteiger partial charge in [0.2, 0.25) is 5.88 Å². The molecule has 0 spiro atoms. The summed E-state index contributed by atoms with van der Waals surface area (Å²) in [5.74, 6) is 4.90. The van der Waals surface area contributed by atoms with Crippen molar-refractivity contribution in [2.75, 3.05) is 5.43 Å². The number of nitrogens with two attached hydrogens (primary N) is 2. The summed E-state index contributed by atoms with van der Waals surface area (Å²) in [4.78, 5) is 10.9. The van der Waals surface area contributed by atoms with Crippen LogP contribution in [-0.2, 0) is 0 Å². The number of hydrazine groups is 1. The molecule has 1 aromatic heterocycles. The van der Waals surface area contributed by atoms with Gasteiger partial charge in [0.15, 0.2) is 5.69 Å². The van der Waals surface area contributed by atoms with E-state index in [1.807, 2.05) is 13.8 Å². The first-order valence-corrected chi connectivity index (χ1v) is 3.84. The Morgan fingerprint density at radius 1 is 1.62 bits per heavy atom. The highest BCUT2D eigenvalue weighted by molar-refractivity contribution is 5.93.